The topological polar surface area (TPSA) is 49.5 Å². The third kappa shape index (κ3) is 2.13. The first-order valence-corrected chi connectivity index (χ1v) is 6.04. The molecule has 4 nitrogen and oxygen atoms in total. The smallest absolute Gasteiger partial charge is 0.159 e. The van der Waals surface area contributed by atoms with Crippen LogP contribution in [0.15, 0.2) is 10.7 Å². The maximum atomic E-state index is 9.24. The third-order valence-corrected chi connectivity index (χ3v) is 3.36. The van der Waals surface area contributed by atoms with E-state index in [1.165, 1.54) is 12.8 Å². The molecule has 1 fully saturated rings. The van der Waals surface area contributed by atoms with Crippen molar-refractivity contribution < 1.29 is 9.63 Å². The monoisotopic (exact) mass is 224 g/mol. The lowest BCUT2D eigenvalue weighted by Crippen LogP contribution is -2.38. The van der Waals surface area contributed by atoms with Gasteiger partial charge in [-0.1, -0.05) is 11.6 Å². The standard InChI is InChI=1S/C12H20N2O2/c1-9(2)14-6-4-3-5-11(14)12-10(8-15)7-13-16-12/h7,9,11,15H,3-6,8H2,1-2H3. The normalized spacial score (nSPS) is 22.9. The Balaban J connectivity index is 2.23. The Morgan fingerprint density at radius 1 is 1.56 bits per heavy atom. The summed E-state index contributed by atoms with van der Waals surface area (Å²) < 4.78 is 5.32. The van der Waals surface area contributed by atoms with Gasteiger partial charge in [0.1, 0.15) is 0 Å². The molecule has 1 N–H and O–H groups in total. The molecule has 90 valence electrons. The van der Waals surface area contributed by atoms with Crippen molar-refractivity contribution in [2.75, 3.05) is 6.54 Å². The molecule has 0 aliphatic carbocycles. The van der Waals surface area contributed by atoms with Crippen molar-refractivity contribution in [3.63, 3.8) is 0 Å². The van der Waals surface area contributed by atoms with Crippen molar-refractivity contribution in [3.05, 3.63) is 17.5 Å². The number of nitrogens with zero attached hydrogens (tertiary/aromatic N) is 2. The molecule has 0 saturated carbocycles. The van der Waals surface area contributed by atoms with E-state index in [0.29, 0.717) is 12.1 Å². The Hall–Kier alpha value is -0.870. The molecule has 0 radical (unpaired) electrons. The number of hydrogen-bond donors (Lipinski definition) is 1. The van der Waals surface area contributed by atoms with Crippen LogP contribution in [0.25, 0.3) is 0 Å². The molecule has 16 heavy (non-hydrogen) atoms. The summed E-state index contributed by atoms with van der Waals surface area (Å²) in [6.07, 6.45) is 5.19. The second-order valence-electron chi connectivity index (χ2n) is 4.72. The Labute approximate surface area is 96.2 Å². The van der Waals surface area contributed by atoms with Gasteiger partial charge in [-0.15, -0.1) is 0 Å². The van der Waals surface area contributed by atoms with Crippen LogP contribution in [0.1, 0.15) is 50.5 Å². The van der Waals surface area contributed by atoms with E-state index in [4.69, 9.17) is 4.52 Å². The SMILES string of the molecule is CC(C)N1CCCCC1c1oncc1CO. The molecule has 0 spiro atoms. The first kappa shape index (κ1) is 11.6. The highest BCUT2D eigenvalue weighted by molar-refractivity contribution is 5.17. The Bertz CT molecular complexity index is 336. The number of aliphatic hydroxyl groups is 1. The van der Waals surface area contributed by atoms with Crippen LogP contribution in [-0.2, 0) is 6.61 Å². The van der Waals surface area contributed by atoms with Crippen LogP contribution < -0.4 is 0 Å². The fourth-order valence-corrected chi connectivity index (χ4v) is 2.52. The van der Waals surface area contributed by atoms with Crippen molar-refractivity contribution in [3.8, 4) is 0 Å². The van der Waals surface area contributed by atoms with Gasteiger partial charge in [-0.05, 0) is 33.2 Å². The second kappa shape index (κ2) is 4.97. The minimum Gasteiger partial charge on any atom is -0.391 e. The molecule has 1 atom stereocenters. The van der Waals surface area contributed by atoms with Gasteiger partial charge in [0.25, 0.3) is 0 Å². The lowest BCUT2D eigenvalue weighted by molar-refractivity contribution is 0.0890. The highest BCUT2D eigenvalue weighted by Gasteiger charge is 2.30. The predicted molar refractivity (Wildman–Crippen MR) is 60.9 cm³/mol. The summed E-state index contributed by atoms with van der Waals surface area (Å²) in [4.78, 5) is 2.43. The second-order valence-corrected chi connectivity index (χ2v) is 4.72. The number of aromatic nitrogens is 1. The van der Waals surface area contributed by atoms with Crippen LogP contribution in [0.4, 0.5) is 0 Å². The lowest BCUT2D eigenvalue weighted by Gasteiger charge is -2.37. The van der Waals surface area contributed by atoms with Gasteiger partial charge < -0.3 is 9.63 Å². The average Bonchev–Trinajstić information content (AvgIpc) is 2.76. The number of aliphatic hydroxyl groups excluding tert-OH is 1. The van der Waals surface area contributed by atoms with Crippen LogP contribution in [0.2, 0.25) is 0 Å². The van der Waals surface area contributed by atoms with Crippen LogP contribution in [0.5, 0.6) is 0 Å². The predicted octanol–water partition coefficient (Wildman–Crippen LogP) is 2.10. The molecule has 1 unspecified atom stereocenters. The van der Waals surface area contributed by atoms with Gasteiger partial charge in [0.15, 0.2) is 5.76 Å². The molecule has 1 aromatic rings. The van der Waals surface area contributed by atoms with E-state index < -0.39 is 0 Å². The largest absolute Gasteiger partial charge is 0.391 e. The van der Waals surface area contributed by atoms with Crippen molar-refractivity contribution in [2.24, 2.45) is 0 Å². The summed E-state index contributed by atoms with van der Waals surface area (Å²) in [5.41, 5.74) is 0.831. The molecular weight excluding hydrogens is 204 g/mol. The first-order chi connectivity index (χ1) is 7.74. The molecule has 1 aliphatic rings. The Kier molecular flexibility index (Phi) is 3.61. The zero-order valence-electron chi connectivity index (χ0n) is 10.0. The highest BCUT2D eigenvalue weighted by Crippen LogP contribution is 2.34. The highest BCUT2D eigenvalue weighted by atomic mass is 16.5. The molecule has 4 heteroatoms. The van der Waals surface area contributed by atoms with Crippen LogP contribution in [-0.4, -0.2) is 27.7 Å². The van der Waals surface area contributed by atoms with Crippen LogP contribution in [0, 0.1) is 0 Å². The number of likely N-dealkylation sites (tertiary alicyclic amines) is 1. The molecule has 0 bridgehead atoms. The van der Waals surface area contributed by atoms with E-state index in [1.807, 2.05) is 0 Å². The first-order valence-electron chi connectivity index (χ1n) is 6.04. The van der Waals surface area contributed by atoms with Crippen molar-refractivity contribution in [1.82, 2.24) is 10.1 Å². The van der Waals surface area contributed by atoms with E-state index in [0.717, 1.165) is 24.3 Å². The van der Waals surface area contributed by atoms with Gasteiger partial charge in [-0.2, -0.15) is 0 Å². The van der Waals surface area contributed by atoms with Crippen LogP contribution >= 0.6 is 0 Å². The van der Waals surface area contributed by atoms with Gasteiger partial charge in [-0.25, -0.2) is 0 Å². The fraction of sp³-hybridized carbons (Fsp3) is 0.750. The number of hydrogen-bond acceptors (Lipinski definition) is 4. The van der Waals surface area contributed by atoms with Crippen molar-refractivity contribution in [1.29, 1.82) is 0 Å². The minimum absolute atomic E-state index is 0.0151. The summed E-state index contributed by atoms with van der Waals surface area (Å²) in [5, 5.41) is 13.0. The summed E-state index contributed by atoms with van der Waals surface area (Å²) >= 11 is 0. The molecule has 2 rings (SSSR count). The molecular formula is C12H20N2O2. The van der Waals surface area contributed by atoms with Gasteiger partial charge in [0, 0.05) is 11.6 Å². The molecule has 1 aliphatic heterocycles. The van der Waals surface area contributed by atoms with Gasteiger partial charge in [0.2, 0.25) is 0 Å². The average molecular weight is 224 g/mol. The minimum atomic E-state index is 0.0151. The van der Waals surface area contributed by atoms with Gasteiger partial charge in [-0.3, -0.25) is 4.90 Å². The molecule has 1 aromatic heterocycles. The Morgan fingerprint density at radius 3 is 3.06 bits per heavy atom. The van der Waals surface area contributed by atoms with E-state index in [1.54, 1.807) is 6.20 Å². The number of piperidine rings is 1. The van der Waals surface area contributed by atoms with E-state index in [2.05, 4.69) is 23.9 Å². The van der Waals surface area contributed by atoms with Crippen molar-refractivity contribution >= 4 is 0 Å². The van der Waals surface area contributed by atoms with E-state index in [9.17, 15) is 5.11 Å². The quantitative estimate of drug-likeness (QED) is 0.854. The van der Waals surface area contributed by atoms with Crippen molar-refractivity contribution in [2.45, 2.75) is 51.8 Å². The number of rotatable bonds is 3. The molecule has 0 amide bonds. The lowest BCUT2D eigenvalue weighted by atomic mass is 9.96. The maximum absolute atomic E-state index is 9.24. The van der Waals surface area contributed by atoms with E-state index in [-0.39, 0.29) is 6.61 Å². The maximum Gasteiger partial charge on any atom is 0.159 e. The molecule has 0 aromatic carbocycles. The summed E-state index contributed by atoms with van der Waals surface area (Å²) in [6.45, 7) is 5.52. The van der Waals surface area contributed by atoms with E-state index >= 15 is 0 Å². The summed E-state index contributed by atoms with van der Waals surface area (Å²) in [6, 6.07) is 0.792. The molecule has 2 heterocycles. The zero-order valence-corrected chi connectivity index (χ0v) is 10.0. The molecule has 1 saturated heterocycles. The summed E-state index contributed by atoms with van der Waals surface area (Å²) in [7, 11) is 0. The van der Waals surface area contributed by atoms with Gasteiger partial charge >= 0.3 is 0 Å². The third-order valence-electron chi connectivity index (χ3n) is 3.36. The zero-order chi connectivity index (χ0) is 11.5. The Morgan fingerprint density at radius 2 is 2.38 bits per heavy atom. The van der Waals surface area contributed by atoms with Gasteiger partial charge in [0.05, 0.1) is 18.8 Å². The summed E-state index contributed by atoms with van der Waals surface area (Å²) in [5.74, 6) is 0.857. The fourth-order valence-electron chi connectivity index (χ4n) is 2.52. The van der Waals surface area contributed by atoms with Crippen LogP contribution in [0.3, 0.4) is 0 Å².